The molecule has 0 spiro atoms. The van der Waals surface area contributed by atoms with Crippen molar-refractivity contribution in [3.8, 4) is 0 Å². The van der Waals surface area contributed by atoms with Gasteiger partial charge in [0.25, 0.3) is 0 Å². The Hall–Kier alpha value is -1.06. The van der Waals surface area contributed by atoms with Gasteiger partial charge in [0.05, 0.1) is 0 Å². The van der Waals surface area contributed by atoms with E-state index in [1.54, 1.807) is 0 Å². The van der Waals surface area contributed by atoms with Crippen LogP contribution >= 0.6 is 11.6 Å². The highest BCUT2D eigenvalue weighted by Gasteiger charge is 2.27. The van der Waals surface area contributed by atoms with Gasteiger partial charge in [-0.2, -0.15) is 0 Å². The van der Waals surface area contributed by atoms with Gasteiger partial charge in [0.1, 0.15) is 6.04 Å². The van der Waals surface area contributed by atoms with E-state index in [9.17, 15) is 9.90 Å². The van der Waals surface area contributed by atoms with Gasteiger partial charge in [0.2, 0.25) is 0 Å². The first-order chi connectivity index (χ1) is 8.68. The zero-order valence-corrected chi connectivity index (χ0v) is 11.1. The molecule has 18 heavy (non-hydrogen) atoms. The summed E-state index contributed by atoms with van der Waals surface area (Å²) in [5.41, 5.74) is 1.01. The second kappa shape index (κ2) is 6.21. The first kappa shape index (κ1) is 13.4. The lowest BCUT2D eigenvalue weighted by Gasteiger charge is -2.27. The maximum absolute atomic E-state index is 11.3. The zero-order valence-electron chi connectivity index (χ0n) is 10.3. The quantitative estimate of drug-likeness (QED) is 0.914. The lowest BCUT2D eigenvalue weighted by molar-refractivity contribution is -0.143. The van der Waals surface area contributed by atoms with Crippen LogP contribution in [0.2, 0.25) is 5.02 Å². The summed E-state index contributed by atoms with van der Waals surface area (Å²) in [5, 5.41) is 10.0. The van der Waals surface area contributed by atoms with E-state index in [1.165, 1.54) is 0 Å². The highest BCUT2D eigenvalue weighted by Crippen LogP contribution is 2.22. The number of rotatable bonds is 3. The molecule has 1 aliphatic rings. The minimum absolute atomic E-state index is 0.372. The molecule has 0 aliphatic carbocycles. The van der Waals surface area contributed by atoms with Crippen LogP contribution in [0.3, 0.4) is 0 Å². The number of carboxylic acid groups (broad SMARTS) is 1. The Morgan fingerprint density at radius 1 is 1.33 bits per heavy atom. The fourth-order valence-corrected chi connectivity index (χ4v) is 2.68. The van der Waals surface area contributed by atoms with Crippen LogP contribution in [0.5, 0.6) is 0 Å². The number of halogens is 1. The number of carboxylic acids is 1. The van der Waals surface area contributed by atoms with E-state index in [0.717, 1.165) is 37.8 Å². The van der Waals surface area contributed by atoms with Crippen LogP contribution in [-0.4, -0.2) is 28.6 Å². The highest BCUT2D eigenvalue weighted by molar-refractivity contribution is 6.31. The fourth-order valence-electron chi connectivity index (χ4n) is 2.48. The van der Waals surface area contributed by atoms with E-state index in [4.69, 9.17) is 11.6 Å². The Bertz CT molecular complexity index is 422. The third kappa shape index (κ3) is 3.24. The van der Waals surface area contributed by atoms with Gasteiger partial charge < -0.3 is 5.11 Å². The summed E-state index contributed by atoms with van der Waals surface area (Å²) in [7, 11) is 0. The number of hydrogen-bond acceptors (Lipinski definition) is 2. The largest absolute Gasteiger partial charge is 0.480 e. The van der Waals surface area contributed by atoms with Crippen molar-refractivity contribution in [3.05, 3.63) is 34.9 Å². The Labute approximate surface area is 112 Å². The summed E-state index contributed by atoms with van der Waals surface area (Å²) in [6, 6.07) is 7.28. The van der Waals surface area contributed by atoms with Gasteiger partial charge in [-0.15, -0.1) is 0 Å². The topological polar surface area (TPSA) is 40.5 Å². The maximum Gasteiger partial charge on any atom is 0.320 e. The van der Waals surface area contributed by atoms with Crippen LogP contribution in [-0.2, 0) is 11.3 Å². The van der Waals surface area contributed by atoms with Crippen molar-refractivity contribution >= 4 is 17.6 Å². The Morgan fingerprint density at radius 3 is 2.83 bits per heavy atom. The number of aliphatic carboxylic acids is 1. The van der Waals surface area contributed by atoms with Crippen LogP contribution in [0, 0.1) is 0 Å². The van der Waals surface area contributed by atoms with Crippen LogP contribution in [0.1, 0.15) is 31.2 Å². The Balaban J connectivity index is 2.14. The average Bonchev–Trinajstić information content (AvgIpc) is 2.57. The molecule has 0 aromatic heterocycles. The third-order valence-electron chi connectivity index (χ3n) is 3.48. The molecule has 98 valence electrons. The Morgan fingerprint density at radius 2 is 2.11 bits per heavy atom. The summed E-state index contributed by atoms with van der Waals surface area (Å²) in [4.78, 5) is 13.4. The van der Waals surface area contributed by atoms with Crippen molar-refractivity contribution in [3.63, 3.8) is 0 Å². The van der Waals surface area contributed by atoms with Crippen LogP contribution < -0.4 is 0 Å². The molecule has 2 rings (SSSR count). The molecule has 1 fully saturated rings. The van der Waals surface area contributed by atoms with Gasteiger partial charge in [-0.25, -0.2) is 0 Å². The first-order valence-corrected chi connectivity index (χ1v) is 6.76. The number of nitrogens with zero attached hydrogens (tertiary/aromatic N) is 1. The predicted molar refractivity (Wildman–Crippen MR) is 71.8 cm³/mol. The smallest absolute Gasteiger partial charge is 0.320 e. The lowest BCUT2D eigenvalue weighted by atomic mass is 10.1. The molecule has 1 aliphatic heterocycles. The molecule has 0 saturated carbocycles. The summed E-state index contributed by atoms with van der Waals surface area (Å²) in [6.07, 6.45) is 3.91. The predicted octanol–water partition coefficient (Wildman–Crippen LogP) is 3.17. The second-order valence-corrected chi connectivity index (χ2v) is 5.17. The third-order valence-corrected chi connectivity index (χ3v) is 3.85. The average molecular weight is 268 g/mol. The minimum Gasteiger partial charge on any atom is -0.480 e. The van der Waals surface area contributed by atoms with Crippen molar-refractivity contribution in [2.45, 2.75) is 38.3 Å². The zero-order chi connectivity index (χ0) is 13.0. The lowest BCUT2D eigenvalue weighted by Crippen LogP contribution is -2.40. The van der Waals surface area contributed by atoms with E-state index in [-0.39, 0.29) is 6.04 Å². The molecule has 0 amide bonds. The molecule has 1 unspecified atom stereocenters. The fraction of sp³-hybridized carbons (Fsp3) is 0.500. The van der Waals surface area contributed by atoms with E-state index >= 15 is 0 Å². The Kier molecular flexibility index (Phi) is 4.61. The normalized spacial score (nSPS) is 21.5. The molecular formula is C14H18ClNO2. The molecule has 1 aromatic rings. The van der Waals surface area contributed by atoms with E-state index in [1.807, 2.05) is 29.2 Å². The second-order valence-electron chi connectivity index (χ2n) is 4.77. The number of benzene rings is 1. The first-order valence-electron chi connectivity index (χ1n) is 6.39. The molecule has 1 aromatic carbocycles. The van der Waals surface area contributed by atoms with Crippen molar-refractivity contribution < 1.29 is 9.90 Å². The molecular weight excluding hydrogens is 250 g/mol. The molecule has 3 nitrogen and oxygen atoms in total. The molecule has 0 radical (unpaired) electrons. The standard InChI is InChI=1S/C14H18ClNO2/c15-12-7-4-3-6-11(12)10-16-9-5-1-2-8-13(16)14(17)18/h3-4,6-7,13H,1-2,5,8-10H2,(H,17,18). The maximum atomic E-state index is 11.3. The van der Waals surface area contributed by atoms with Gasteiger partial charge in [-0.1, -0.05) is 42.6 Å². The molecule has 1 N–H and O–H groups in total. The van der Waals surface area contributed by atoms with Gasteiger partial charge >= 0.3 is 5.97 Å². The van der Waals surface area contributed by atoms with Crippen molar-refractivity contribution in [1.82, 2.24) is 4.90 Å². The van der Waals surface area contributed by atoms with Gasteiger partial charge in [0.15, 0.2) is 0 Å². The number of hydrogen-bond donors (Lipinski definition) is 1. The molecule has 1 saturated heterocycles. The van der Waals surface area contributed by atoms with Crippen molar-refractivity contribution in [1.29, 1.82) is 0 Å². The van der Waals surface area contributed by atoms with E-state index in [0.29, 0.717) is 11.6 Å². The van der Waals surface area contributed by atoms with Gasteiger partial charge in [0, 0.05) is 11.6 Å². The van der Waals surface area contributed by atoms with Crippen LogP contribution in [0.4, 0.5) is 0 Å². The molecule has 1 atom stereocenters. The van der Waals surface area contributed by atoms with Crippen molar-refractivity contribution in [2.75, 3.05) is 6.54 Å². The van der Waals surface area contributed by atoms with Crippen LogP contribution in [0.15, 0.2) is 24.3 Å². The van der Waals surface area contributed by atoms with Gasteiger partial charge in [-0.3, -0.25) is 9.69 Å². The van der Waals surface area contributed by atoms with E-state index in [2.05, 4.69) is 0 Å². The summed E-state index contributed by atoms with van der Waals surface area (Å²) < 4.78 is 0. The highest BCUT2D eigenvalue weighted by atomic mass is 35.5. The molecule has 1 heterocycles. The van der Waals surface area contributed by atoms with Gasteiger partial charge in [-0.05, 0) is 31.0 Å². The monoisotopic (exact) mass is 267 g/mol. The SMILES string of the molecule is O=C(O)C1CCCCCN1Cc1ccccc1Cl. The summed E-state index contributed by atoms with van der Waals surface area (Å²) >= 11 is 6.14. The van der Waals surface area contributed by atoms with Crippen LogP contribution in [0.25, 0.3) is 0 Å². The summed E-state index contributed by atoms with van der Waals surface area (Å²) in [5.74, 6) is -0.719. The number of carbonyl (C=O) groups is 1. The molecule has 4 heteroatoms. The molecule has 0 bridgehead atoms. The minimum atomic E-state index is -0.719. The van der Waals surface area contributed by atoms with Crippen molar-refractivity contribution in [2.24, 2.45) is 0 Å². The number of likely N-dealkylation sites (tertiary alicyclic amines) is 1. The van der Waals surface area contributed by atoms with E-state index < -0.39 is 5.97 Å². The summed E-state index contributed by atoms with van der Waals surface area (Å²) in [6.45, 7) is 1.46.